The van der Waals surface area contributed by atoms with Gasteiger partial charge >= 0.3 is 17.6 Å². The first kappa shape index (κ1) is 24.5. The Bertz CT molecular complexity index is 261. The van der Waals surface area contributed by atoms with Gasteiger partial charge in [-0.2, -0.15) is 0 Å². The first-order valence-electron chi connectivity index (χ1n) is 8.37. The summed E-state index contributed by atoms with van der Waals surface area (Å²) in [4.78, 5) is 0. The summed E-state index contributed by atoms with van der Waals surface area (Å²) in [5, 5.41) is 0. The third kappa shape index (κ3) is 8.24. The standard InChI is InChI=1S/C15H35ClO6Si2/c1-17-23(18-2,19-3)13-7-9-15(11-12-16)10-8-14-24(20-4,21-5)22-6/h15H,7-14H2,1-6H3. The van der Waals surface area contributed by atoms with Crippen LogP contribution in [0.15, 0.2) is 0 Å². The highest BCUT2D eigenvalue weighted by molar-refractivity contribution is 6.60. The lowest BCUT2D eigenvalue weighted by Crippen LogP contribution is -2.42. The largest absolute Gasteiger partial charge is 0.500 e. The maximum atomic E-state index is 5.97. The summed E-state index contributed by atoms with van der Waals surface area (Å²) in [6.45, 7) is 0. The summed E-state index contributed by atoms with van der Waals surface area (Å²) in [5.74, 6) is 1.24. The van der Waals surface area contributed by atoms with Crippen molar-refractivity contribution < 1.29 is 26.6 Å². The fraction of sp³-hybridized carbons (Fsp3) is 1.00. The van der Waals surface area contributed by atoms with E-state index < -0.39 is 17.6 Å². The second-order valence-electron chi connectivity index (χ2n) is 5.72. The Kier molecular flexibility index (Phi) is 13.9. The third-order valence-corrected chi connectivity index (χ3v) is 10.5. The zero-order valence-electron chi connectivity index (χ0n) is 16.1. The van der Waals surface area contributed by atoms with Crippen LogP contribution in [0.2, 0.25) is 12.1 Å². The molecule has 0 aliphatic rings. The molecule has 0 bridgehead atoms. The molecule has 0 rings (SSSR count). The van der Waals surface area contributed by atoms with E-state index >= 15 is 0 Å². The minimum Gasteiger partial charge on any atom is -0.377 e. The van der Waals surface area contributed by atoms with Gasteiger partial charge in [0.15, 0.2) is 0 Å². The van der Waals surface area contributed by atoms with Crippen LogP contribution in [-0.2, 0) is 26.6 Å². The van der Waals surface area contributed by atoms with E-state index in [1.54, 1.807) is 42.7 Å². The molecule has 0 heterocycles. The predicted octanol–water partition coefficient (Wildman–Crippen LogP) is 3.55. The molecule has 0 aromatic rings. The highest BCUT2D eigenvalue weighted by Gasteiger charge is 2.38. The molecular weight excluding hydrogens is 368 g/mol. The molecule has 146 valence electrons. The minimum atomic E-state index is -2.47. The molecule has 24 heavy (non-hydrogen) atoms. The van der Waals surface area contributed by atoms with Gasteiger partial charge in [0.2, 0.25) is 0 Å². The van der Waals surface area contributed by atoms with Crippen molar-refractivity contribution in [3.8, 4) is 0 Å². The highest BCUT2D eigenvalue weighted by atomic mass is 35.5. The van der Waals surface area contributed by atoms with Gasteiger partial charge in [0.05, 0.1) is 0 Å². The molecule has 0 N–H and O–H groups in total. The fourth-order valence-electron chi connectivity index (χ4n) is 2.91. The van der Waals surface area contributed by atoms with Gasteiger partial charge in [-0.3, -0.25) is 0 Å². The van der Waals surface area contributed by atoms with Crippen LogP contribution in [0.4, 0.5) is 0 Å². The van der Waals surface area contributed by atoms with Crippen molar-refractivity contribution in [3.05, 3.63) is 0 Å². The molecule has 0 aromatic heterocycles. The van der Waals surface area contributed by atoms with Crippen molar-refractivity contribution in [1.29, 1.82) is 0 Å². The Hall–Kier alpha value is 0.484. The molecule has 0 aromatic carbocycles. The van der Waals surface area contributed by atoms with Gasteiger partial charge in [-0.15, -0.1) is 11.6 Å². The molecule has 9 heteroatoms. The average molecular weight is 403 g/mol. The predicted molar refractivity (Wildman–Crippen MR) is 100 cm³/mol. The van der Waals surface area contributed by atoms with Crippen LogP contribution in [0.1, 0.15) is 32.1 Å². The summed E-state index contributed by atoms with van der Waals surface area (Å²) in [7, 11) is 4.97. The van der Waals surface area contributed by atoms with Crippen LogP contribution in [0.5, 0.6) is 0 Å². The van der Waals surface area contributed by atoms with Crippen LogP contribution >= 0.6 is 11.6 Å². The Labute approximate surface area is 154 Å². The molecule has 0 saturated heterocycles. The third-order valence-electron chi connectivity index (χ3n) is 4.57. The number of alkyl halides is 1. The van der Waals surface area contributed by atoms with Gasteiger partial charge in [-0.05, 0) is 25.2 Å². The van der Waals surface area contributed by atoms with Gasteiger partial charge in [-0.25, -0.2) is 0 Å². The van der Waals surface area contributed by atoms with Crippen molar-refractivity contribution >= 4 is 29.2 Å². The zero-order chi connectivity index (χ0) is 18.5. The van der Waals surface area contributed by atoms with Gasteiger partial charge in [0.25, 0.3) is 0 Å². The smallest absolute Gasteiger partial charge is 0.377 e. The second-order valence-corrected chi connectivity index (χ2v) is 12.3. The zero-order valence-corrected chi connectivity index (χ0v) is 18.8. The molecule has 0 amide bonds. The van der Waals surface area contributed by atoms with Crippen molar-refractivity contribution in [2.75, 3.05) is 48.5 Å². The summed E-state index contributed by atoms with van der Waals surface area (Å²) in [6.07, 6.45) is 5.18. The van der Waals surface area contributed by atoms with E-state index in [9.17, 15) is 0 Å². The maximum absolute atomic E-state index is 5.97. The first-order chi connectivity index (χ1) is 11.5. The van der Waals surface area contributed by atoms with Crippen LogP contribution < -0.4 is 0 Å². The van der Waals surface area contributed by atoms with E-state index in [0.717, 1.165) is 44.2 Å². The lowest BCUT2D eigenvalue weighted by Gasteiger charge is -2.26. The normalized spacial score (nSPS) is 13.0. The number of hydrogen-bond donors (Lipinski definition) is 0. The highest BCUT2D eigenvalue weighted by Crippen LogP contribution is 2.26. The van der Waals surface area contributed by atoms with E-state index in [1.165, 1.54) is 0 Å². The average Bonchev–Trinajstić information content (AvgIpc) is 2.63. The van der Waals surface area contributed by atoms with E-state index in [0.29, 0.717) is 11.8 Å². The van der Waals surface area contributed by atoms with Gasteiger partial charge in [0, 0.05) is 60.6 Å². The molecule has 0 radical (unpaired) electrons. The Morgan fingerprint density at radius 3 is 1.21 bits per heavy atom. The lowest BCUT2D eigenvalue weighted by atomic mass is 9.96. The number of hydrogen-bond acceptors (Lipinski definition) is 6. The summed E-state index contributed by atoms with van der Waals surface area (Å²) in [6, 6.07) is 1.64. The fourth-order valence-corrected chi connectivity index (χ4v) is 6.72. The minimum absolute atomic E-state index is 0.567. The maximum Gasteiger partial charge on any atom is 0.500 e. The van der Waals surface area contributed by atoms with Gasteiger partial charge < -0.3 is 26.6 Å². The molecule has 0 unspecified atom stereocenters. The summed E-state index contributed by atoms with van der Waals surface area (Å²) >= 11 is 5.97. The lowest BCUT2D eigenvalue weighted by molar-refractivity contribution is 0.121. The van der Waals surface area contributed by atoms with Crippen molar-refractivity contribution in [1.82, 2.24) is 0 Å². The monoisotopic (exact) mass is 402 g/mol. The Morgan fingerprint density at radius 2 is 0.958 bits per heavy atom. The van der Waals surface area contributed by atoms with Gasteiger partial charge in [-0.1, -0.05) is 12.8 Å². The number of rotatable bonds is 16. The first-order valence-corrected chi connectivity index (χ1v) is 12.8. The summed E-state index contributed by atoms with van der Waals surface area (Å²) in [5.41, 5.74) is 0. The van der Waals surface area contributed by atoms with Crippen LogP contribution in [0.25, 0.3) is 0 Å². The topological polar surface area (TPSA) is 55.4 Å². The van der Waals surface area contributed by atoms with Crippen molar-refractivity contribution in [2.45, 2.75) is 44.2 Å². The number of halogens is 1. The molecule has 0 atom stereocenters. The van der Waals surface area contributed by atoms with Crippen molar-refractivity contribution in [2.24, 2.45) is 5.92 Å². The van der Waals surface area contributed by atoms with Crippen LogP contribution in [0.3, 0.4) is 0 Å². The van der Waals surface area contributed by atoms with E-state index in [1.807, 2.05) is 0 Å². The molecular formula is C15H35ClO6Si2. The molecule has 0 spiro atoms. The second kappa shape index (κ2) is 13.7. The van der Waals surface area contributed by atoms with Crippen molar-refractivity contribution in [3.63, 3.8) is 0 Å². The molecule has 0 aliphatic heterocycles. The van der Waals surface area contributed by atoms with E-state index in [4.69, 9.17) is 38.2 Å². The van der Waals surface area contributed by atoms with E-state index in [2.05, 4.69) is 0 Å². The van der Waals surface area contributed by atoms with Crippen LogP contribution in [0, 0.1) is 5.92 Å². The summed E-state index contributed by atoms with van der Waals surface area (Å²) < 4.78 is 32.8. The van der Waals surface area contributed by atoms with E-state index in [-0.39, 0.29) is 0 Å². The molecule has 0 fully saturated rings. The Balaban J connectivity index is 4.35. The SMILES string of the molecule is CO[Si](CCCC(CCCl)CCC[Si](OC)(OC)OC)(OC)OC. The van der Waals surface area contributed by atoms with Gasteiger partial charge in [0.1, 0.15) is 0 Å². The Morgan fingerprint density at radius 1 is 0.625 bits per heavy atom. The molecule has 6 nitrogen and oxygen atoms in total. The quantitative estimate of drug-likeness (QED) is 0.290. The molecule has 0 aliphatic carbocycles. The molecule has 0 saturated carbocycles. The van der Waals surface area contributed by atoms with Crippen LogP contribution in [-0.4, -0.2) is 66.1 Å².